The van der Waals surface area contributed by atoms with Gasteiger partial charge in [-0.15, -0.1) is 0 Å². The van der Waals surface area contributed by atoms with Gasteiger partial charge in [0.2, 0.25) is 0 Å². The van der Waals surface area contributed by atoms with Crippen molar-refractivity contribution in [3.63, 3.8) is 0 Å². The standard InChI is InChI=1S/C15H14BrN3/c1-2-3-14-17-15(19-18-14)12-5-4-11-9-13(16)7-6-10(11)8-12/h4-9H,2-3H2,1H3,(H,17,18,19). The number of hydrogen-bond donors (Lipinski definition) is 1. The fourth-order valence-corrected chi connectivity index (χ4v) is 2.51. The van der Waals surface area contributed by atoms with Gasteiger partial charge in [0.15, 0.2) is 5.82 Å². The van der Waals surface area contributed by atoms with Crippen LogP contribution in [0.25, 0.3) is 22.2 Å². The van der Waals surface area contributed by atoms with E-state index in [1.165, 1.54) is 10.8 Å². The summed E-state index contributed by atoms with van der Waals surface area (Å²) in [7, 11) is 0. The third-order valence-corrected chi connectivity index (χ3v) is 3.57. The number of hydrogen-bond acceptors (Lipinski definition) is 2. The molecule has 1 N–H and O–H groups in total. The van der Waals surface area contributed by atoms with E-state index in [0.29, 0.717) is 0 Å². The lowest BCUT2D eigenvalue weighted by molar-refractivity contribution is 0.841. The third kappa shape index (κ3) is 2.54. The second kappa shape index (κ2) is 5.13. The number of aryl methyl sites for hydroxylation is 1. The Morgan fingerprint density at radius 3 is 2.74 bits per heavy atom. The minimum Gasteiger partial charge on any atom is -0.263 e. The molecule has 0 atom stereocenters. The van der Waals surface area contributed by atoms with E-state index < -0.39 is 0 Å². The van der Waals surface area contributed by atoms with E-state index in [0.717, 1.165) is 34.5 Å². The number of nitrogens with zero attached hydrogens (tertiary/aromatic N) is 2. The molecule has 3 nitrogen and oxygen atoms in total. The Bertz CT molecular complexity index is 718. The Balaban J connectivity index is 2.02. The normalized spacial score (nSPS) is 11.1. The van der Waals surface area contributed by atoms with E-state index in [1.54, 1.807) is 0 Å². The quantitative estimate of drug-likeness (QED) is 0.781. The molecule has 0 saturated carbocycles. The van der Waals surface area contributed by atoms with Crippen LogP contribution in [0.4, 0.5) is 0 Å². The van der Waals surface area contributed by atoms with Crippen LogP contribution in [0.15, 0.2) is 40.9 Å². The van der Waals surface area contributed by atoms with Crippen molar-refractivity contribution in [2.24, 2.45) is 0 Å². The van der Waals surface area contributed by atoms with Gasteiger partial charge in [0, 0.05) is 16.5 Å². The fraction of sp³-hybridized carbons (Fsp3) is 0.200. The van der Waals surface area contributed by atoms with Crippen LogP contribution in [-0.2, 0) is 6.42 Å². The van der Waals surface area contributed by atoms with Gasteiger partial charge in [-0.3, -0.25) is 5.10 Å². The third-order valence-electron chi connectivity index (χ3n) is 3.08. The number of halogens is 1. The van der Waals surface area contributed by atoms with Crippen LogP contribution in [0.3, 0.4) is 0 Å². The maximum Gasteiger partial charge on any atom is 0.181 e. The highest BCUT2D eigenvalue weighted by Gasteiger charge is 2.06. The molecular formula is C15H14BrN3. The average Bonchev–Trinajstić information content (AvgIpc) is 2.87. The van der Waals surface area contributed by atoms with E-state index in [9.17, 15) is 0 Å². The lowest BCUT2D eigenvalue weighted by Gasteiger charge is -2.01. The zero-order valence-corrected chi connectivity index (χ0v) is 12.2. The first-order valence-corrected chi connectivity index (χ1v) is 7.16. The summed E-state index contributed by atoms with van der Waals surface area (Å²) >= 11 is 3.49. The second-order valence-corrected chi connectivity index (χ2v) is 5.48. The molecule has 0 aliphatic carbocycles. The molecule has 0 aliphatic heterocycles. The van der Waals surface area contributed by atoms with Crippen molar-refractivity contribution in [1.29, 1.82) is 0 Å². The molecule has 1 aromatic heterocycles. The first-order valence-electron chi connectivity index (χ1n) is 6.37. The van der Waals surface area contributed by atoms with Crippen molar-refractivity contribution in [3.8, 4) is 11.4 Å². The van der Waals surface area contributed by atoms with Crippen molar-refractivity contribution in [2.45, 2.75) is 19.8 Å². The van der Waals surface area contributed by atoms with Crippen molar-refractivity contribution in [3.05, 3.63) is 46.7 Å². The number of aromatic nitrogens is 3. The molecule has 0 unspecified atom stereocenters. The SMILES string of the molecule is CCCc1nc(-c2ccc3cc(Br)ccc3c2)n[nH]1. The predicted molar refractivity (Wildman–Crippen MR) is 81.0 cm³/mol. The van der Waals surface area contributed by atoms with Gasteiger partial charge in [-0.2, -0.15) is 5.10 Å². The van der Waals surface area contributed by atoms with E-state index in [1.807, 2.05) is 6.07 Å². The minimum absolute atomic E-state index is 0.772. The molecule has 96 valence electrons. The average molecular weight is 316 g/mol. The zero-order valence-electron chi connectivity index (χ0n) is 10.7. The van der Waals surface area contributed by atoms with Crippen LogP contribution in [0.5, 0.6) is 0 Å². The lowest BCUT2D eigenvalue weighted by atomic mass is 10.1. The Kier molecular flexibility index (Phi) is 3.34. The number of aromatic amines is 1. The molecule has 0 saturated heterocycles. The molecule has 0 fully saturated rings. The highest BCUT2D eigenvalue weighted by atomic mass is 79.9. The summed E-state index contributed by atoms with van der Waals surface area (Å²) < 4.78 is 1.09. The number of H-pyrrole nitrogens is 1. The van der Waals surface area contributed by atoms with Crippen molar-refractivity contribution in [1.82, 2.24) is 15.2 Å². The summed E-state index contributed by atoms with van der Waals surface area (Å²) in [6.07, 6.45) is 2.01. The molecule has 19 heavy (non-hydrogen) atoms. The van der Waals surface area contributed by atoms with Gasteiger partial charge >= 0.3 is 0 Å². The van der Waals surface area contributed by atoms with Gasteiger partial charge in [-0.1, -0.05) is 41.1 Å². The van der Waals surface area contributed by atoms with Crippen LogP contribution in [0, 0.1) is 0 Å². The smallest absolute Gasteiger partial charge is 0.181 e. The fourth-order valence-electron chi connectivity index (χ4n) is 2.13. The number of fused-ring (bicyclic) bond motifs is 1. The summed E-state index contributed by atoms with van der Waals surface area (Å²) in [4.78, 5) is 4.52. The highest BCUT2D eigenvalue weighted by molar-refractivity contribution is 9.10. The van der Waals surface area contributed by atoms with Gasteiger partial charge < -0.3 is 0 Å². The van der Waals surface area contributed by atoms with Gasteiger partial charge in [-0.05, 0) is 35.4 Å². The van der Waals surface area contributed by atoms with E-state index >= 15 is 0 Å². The Morgan fingerprint density at radius 1 is 1.11 bits per heavy atom. The van der Waals surface area contributed by atoms with Crippen molar-refractivity contribution in [2.75, 3.05) is 0 Å². The molecule has 4 heteroatoms. The topological polar surface area (TPSA) is 41.6 Å². The van der Waals surface area contributed by atoms with E-state index in [-0.39, 0.29) is 0 Å². The monoisotopic (exact) mass is 315 g/mol. The van der Waals surface area contributed by atoms with Crippen LogP contribution in [0.2, 0.25) is 0 Å². The second-order valence-electron chi connectivity index (χ2n) is 4.56. The zero-order chi connectivity index (χ0) is 13.2. The van der Waals surface area contributed by atoms with E-state index in [4.69, 9.17) is 0 Å². The first kappa shape index (κ1) is 12.4. The summed E-state index contributed by atoms with van der Waals surface area (Å²) in [6, 6.07) is 12.5. The van der Waals surface area contributed by atoms with Crippen LogP contribution in [0.1, 0.15) is 19.2 Å². The highest BCUT2D eigenvalue weighted by Crippen LogP contribution is 2.24. The maximum atomic E-state index is 4.52. The van der Waals surface area contributed by atoms with Gasteiger partial charge in [0.05, 0.1) is 0 Å². The van der Waals surface area contributed by atoms with Gasteiger partial charge in [0.1, 0.15) is 5.82 Å². The lowest BCUT2D eigenvalue weighted by Crippen LogP contribution is -1.85. The maximum absolute atomic E-state index is 4.52. The van der Waals surface area contributed by atoms with Crippen LogP contribution >= 0.6 is 15.9 Å². The summed E-state index contributed by atoms with van der Waals surface area (Å²) in [5.74, 6) is 1.72. The molecule has 0 bridgehead atoms. The molecule has 0 radical (unpaired) electrons. The number of rotatable bonds is 3. The van der Waals surface area contributed by atoms with Crippen molar-refractivity contribution < 1.29 is 0 Å². The Morgan fingerprint density at radius 2 is 1.89 bits per heavy atom. The number of nitrogens with one attached hydrogen (secondary N) is 1. The molecule has 3 aromatic rings. The molecule has 0 spiro atoms. The van der Waals surface area contributed by atoms with Gasteiger partial charge in [-0.25, -0.2) is 4.98 Å². The first-order chi connectivity index (χ1) is 9.26. The minimum atomic E-state index is 0.772. The molecule has 3 rings (SSSR count). The van der Waals surface area contributed by atoms with Crippen LogP contribution in [-0.4, -0.2) is 15.2 Å². The van der Waals surface area contributed by atoms with E-state index in [2.05, 4.69) is 68.4 Å². The Labute approximate surface area is 120 Å². The van der Waals surface area contributed by atoms with Crippen molar-refractivity contribution >= 4 is 26.7 Å². The summed E-state index contributed by atoms with van der Waals surface area (Å²) in [6.45, 7) is 2.13. The van der Waals surface area contributed by atoms with Gasteiger partial charge in [0.25, 0.3) is 0 Å². The number of benzene rings is 2. The summed E-state index contributed by atoms with van der Waals surface area (Å²) in [5.41, 5.74) is 1.05. The largest absolute Gasteiger partial charge is 0.263 e. The molecule has 0 amide bonds. The molecular weight excluding hydrogens is 302 g/mol. The Hall–Kier alpha value is -1.68. The summed E-state index contributed by atoms with van der Waals surface area (Å²) in [5, 5.41) is 9.69. The molecule has 1 heterocycles. The predicted octanol–water partition coefficient (Wildman–Crippen LogP) is 4.34. The molecule has 2 aromatic carbocycles. The molecule has 0 aliphatic rings. The van der Waals surface area contributed by atoms with Crippen LogP contribution < -0.4 is 0 Å².